The molecule has 21 heavy (non-hydrogen) atoms. The Labute approximate surface area is 132 Å². The molecule has 1 aromatic carbocycles. The Kier molecular flexibility index (Phi) is 4.90. The van der Waals surface area contributed by atoms with Gasteiger partial charge in [0, 0.05) is 26.2 Å². The van der Waals surface area contributed by atoms with Gasteiger partial charge in [0.1, 0.15) is 5.69 Å². The third-order valence-electron chi connectivity index (χ3n) is 3.22. The zero-order valence-electron chi connectivity index (χ0n) is 11.9. The second kappa shape index (κ2) is 6.33. The van der Waals surface area contributed by atoms with Crippen LogP contribution in [0, 0.1) is 0 Å². The van der Waals surface area contributed by atoms with Gasteiger partial charge >= 0.3 is 10.1 Å². The van der Waals surface area contributed by atoms with Gasteiger partial charge in [0.05, 0.1) is 10.7 Å². The summed E-state index contributed by atoms with van der Waals surface area (Å²) in [5, 5.41) is 0. The van der Waals surface area contributed by atoms with Gasteiger partial charge in [-0.1, -0.05) is 6.07 Å². The fourth-order valence-electron chi connectivity index (χ4n) is 2.16. The van der Waals surface area contributed by atoms with Crippen molar-refractivity contribution in [1.29, 1.82) is 0 Å². The minimum atomic E-state index is -3.70. The first-order chi connectivity index (χ1) is 9.78. The molecule has 0 N–H and O–H groups in total. The molecule has 6 nitrogen and oxygen atoms in total. The van der Waals surface area contributed by atoms with Crippen molar-refractivity contribution in [2.75, 3.05) is 44.4 Å². The summed E-state index contributed by atoms with van der Waals surface area (Å²) in [5.41, 5.74) is 0.00797. The lowest BCUT2D eigenvalue weighted by atomic mass is 10.2. The van der Waals surface area contributed by atoms with Gasteiger partial charge in [0.25, 0.3) is 0 Å². The van der Waals surface area contributed by atoms with Crippen LogP contribution >= 0.6 is 15.9 Å². The third kappa shape index (κ3) is 4.18. The molecule has 0 aliphatic carbocycles. The second-order valence-electron chi connectivity index (χ2n) is 4.99. The quantitative estimate of drug-likeness (QED) is 0.730. The molecule has 116 valence electrons. The maximum Gasteiger partial charge on any atom is 0.306 e. The summed E-state index contributed by atoms with van der Waals surface area (Å²) in [7, 11) is -1.70. The van der Waals surface area contributed by atoms with Gasteiger partial charge in [-0.3, -0.25) is 4.79 Å². The number of hydrogen-bond donors (Lipinski definition) is 0. The summed E-state index contributed by atoms with van der Waals surface area (Å²) in [6.07, 6.45) is 0.966. The van der Waals surface area contributed by atoms with Crippen LogP contribution in [0.3, 0.4) is 0 Å². The minimum Gasteiger partial charge on any atom is -0.380 e. The SMILES string of the molecule is CN1CCN(c2c(OS(C)(=O)=O)cccc(Br)c2=O)CC1. The van der Waals surface area contributed by atoms with Crippen molar-refractivity contribution in [1.82, 2.24) is 4.90 Å². The maximum absolute atomic E-state index is 12.5. The molecular formula is C13H17BrN2O4S. The van der Waals surface area contributed by atoms with Gasteiger partial charge in [-0.25, -0.2) is 0 Å². The second-order valence-corrected chi connectivity index (χ2v) is 7.42. The van der Waals surface area contributed by atoms with Crippen molar-refractivity contribution < 1.29 is 12.6 Å². The maximum atomic E-state index is 12.5. The van der Waals surface area contributed by atoms with Crippen molar-refractivity contribution in [2.24, 2.45) is 0 Å². The molecule has 0 saturated carbocycles. The van der Waals surface area contributed by atoms with E-state index >= 15 is 0 Å². The molecule has 1 aliphatic rings. The van der Waals surface area contributed by atoms with Crippen molar-refractivity contribution >= 4 is 31.7 Å². The van der Waals surface area contributed by atoms with Crippen LogP contribution in [0.5, 0.6) is 5.75 Å². The summed E-state index contributed by atoms with van der Waals surface area (Å²) in [4.78, 5) is 16.5. The average molecular weight is 377 g/mol. The highest BCUT2D eigenvalue weighted by Crippen LogP contribution is 2.27. The largest absolute Gasteiger partial charge is 0.380 e. The predicted octanol–water partition coefficient (Wildman–Crippen LogP) is 0.899. The number of piperazine rings is 1. The van der Waals surface area contributed by atoms with Crippen LogP contribution in [0.15, 0.2) is 27.5 Å². The topological polar surface area (TPSA) is 66.9 Å². The van der Waals surface area contributed by atoms with Crippen molar-refractivity contribution in [3.05, 3.63) is 32.9 Å². The zero-order valence-corrected chi connectivity index (χ0v) is 14.3. The molecule has 0 amide bonds. The summed E-state index contributed by atoms with van der Waals surface area (Å²) in [6, 6.07) is 4.67. The first-order valence-electron chi connectivity index (χ1n) is 6.44. The first kappa shape index (κ1) is 16.3. The smallest absolute Gasteiger partial charge is 0.306 e. The van der Waals surface area contributed by atoms with Gasteiger partial charge < -0.3 is 14.0 Å². The van der Waals surface area contributed by atoms with E-state index in [1.807, 2.05) is 11.9 Å². The molecular weight excluding hydrogens is 360 g/mol. The molecule has 1 aromatic rings. The Bertz CT molecular complexity index is 685. The third-order valence-corrected chi connectivity index (χ3v) is 4.32. The molecule has 0 aromatic heterocycles. The highest BCUT2D eigenvalue weighted by molar-refractivity contribution is 9.10. The Hall–Kier alpha value is -1.12. The van der Waals surface area contributed by atoms with Gasteiger partial charge in [0.2, 0.25) is 5.43 Å². The highest BCUT2D eigenvalue weighted by atomic mass is 79.9. The van der Waals surface area contributed by atoms with Crippen LogP contribution in [-0.4, -0.2) is 52.8 Å². The van der Waals surface area contributed by atoms with Crippen LogP contribution < -0.4 is 14.5 Å². The van der Waals surface area contributed by atoms with E-state index < -0.39 is 10.1 Å². The summed E-state index contributed by atoms with van der Waals surface area (Å²) in [6.45, 7) is 2.88. The fraction of sp³-hybridized carbons (Fsp3) is 0.462. The van der Waals surface area contributed by atoms with Gasteiger partial charge in [0.15, 0.2) is 5.75 Å². The Morgan fingerprint density at radius 3 is 2.38 bits per heavy atom. The van der Waals surface area contributed by atoms with Gasteiger partial charge in [-0.2, -0.15) is 8.42 Å². The van der Waals surface area contributed by atoms with Crippen LogP contribution in [0.4, 0.5) is 5.69 Å². The number of hydrogen-bond acceptors (Lipinski definition) is 6. The molecule has 0 unspecified atom stereocenters. The number of anilines is 1. The minimum absolute atomic E-state index is 0.0674. The van der Waals surface area contributed by atoms with Crippen LogP contribution in [0.1, 0.15) is 0 Å². The molecule has 0 bridgehead atoms. The lowest BCUT2D eigenvalue weighted by Crippen LogP contribution is -2.46. The number of halogens is 1. The first-order valence-corrected chi connectivity index (χ1v) is 9.04. The molecule has 0 atom stereocenters. The summed E-state index contributed by atoms with van der Waals surface area (Å²) >= 11 is 3.21. The van der Waals surface area contributed by atoms with Crippen LogP contribution in [0.2, 0.25) is 0 Å². The van der Waals surface area contributed by atoms with E-state index in [0.717, 1.165) is 19.3 Å². The van der Waals surface area contributed by atoms with E-state index in [9.17, 15) is 13.2 Å². The van der Waals surface area contributed by atoms with E-state index in [-0.39, 0.29) is 16.9 Å². The van der Waals surface area contributed by atoms with Crippen molar-refractivity contribution in [3.8, 4) is 5.75 Å². The average Bonchev–Trinajstić information content (AvgIpc) is 2.50. The summed E-state index contributed by atoms with van der Waals surface area (Å²) in [5.74, 6) is 0.0674. The lowest BCUT2D eigenvalue weighted by molar-refractivity contribution is 0.312. The molecule has 1 heterocycles. The molecule has 1 aliphatic heterocycles. The van der Waals surface area contributed by atoms with E-state index in [4.69, 9.17) is 4.18 Å². The molecule has 8 heteroatoms. The molecule has 1 saturated heterocycles. The molecule has 2 rings (SSSR count). The van der Waals surface area contributed by atoms with Crippen LogP contribution in [-0.2, 0) is 10.1 Å². The molecule has 0 radical (unpaired) electrons. The fourth-order valence-corrected chi connectivity index (χ4v) is 2.96. The number of nitrogens with zero attached hydrogens (tertiary/aromatic N) is 2. The summed E-state index contributed by atoms with van der Waals surface area (Å²) < 4.78 is 28.2. The lowest BCUT2D eigenvalue weighted by Gasteiger charge is -2.33. The Morgan fingerprint density at radius 2 is 1.81 bits per heavy atom. The van der Waals surface area contributed by atoms with E-state index in [1.165, 1.54) is 6.07 Å². The van der Waals surface area contributed by atoms with Crippen molar-refractivity contribution in [2.45, 2.75) is 0 Å². The normalized spacial score (nSPS) is 16.8. The van der Waals surface area contributed by atoms with Crippen molar-refractivity contribution in [3.63, 3.8) is 0 Å². The van der Waals surface area contributed by atoms with E-state index in [0.29, 0.717) is 17.6 Å². The predicted molar refractivity (Wildman–Crippen MR) is 85.6 cm³/mol. The Balaban J connectivity index is 2.53. The standard InChI is InChI=1S/C13H17BrN2O4S/c1-15-6-8-16(9-7-15)12-11(20-21(2,18)19)5-3-4-10(14)13(12)17/h3-5H,6-9H2,1-2H3. The monoisotopic (exact) mass is 376 g/mol. The number of likely N-dealkylation sites (N-methyl/N-ethyl adjacent to an activating group) is 1. The van der Waals surface area contributed by atoms with E-state index in [2.05, 4.69) is 20.8 Å². The zero-order chi connectivity index (χ0) is 15.6. The van der Waals surface area contributed by atoms with Gasteiger partial charge in [-0.15, -0.1) is 0 Å². The molecule has 1 fully saturated rings. The Morgan fingerprint density at radius 1 is 1.19 bits per heavy atom. The number of rotatable bonds is 3. The van der Waals surface area contributed by atoms with Gasteiger partial charge in [-0.05, 0) is 35.1 Å². The van der Waals surface area contributed by atoms with E-state index in [1.54, 1.807) is 12.1 Å². The molecule has 0 spiro atoms. The van der Waals surface area contributed by atoms with Crippen LogP contribution in [0.25, 0.3) is 0 Å². The highest BCUT2D eigenvalue weighted by Gasteiger charge is 2.22.